The van der Waals surface area contributed by atoms with Crippen LogP contribution in [0, 0.1) is 0 Å². The molecule has 0 bridgehead atoms. The van der Waals surface area contributed by atoms with Gasteiger partial charge >= 0.3 is 0 Å². The first-order valence-corrected chi connectivity index (χ1v) is 7.99. The minimum absolute atomic E-state index is 0.190. The van der Waals surface area contributed by atoms with Gasteiger partial charge in [-0.2, -0.15) is 5.10 Å². The van der Waals surface area contributed by atoms with E-state index >= 15 is 0 Å². The third kappa shape index (κ3) is 3.34. The summed E-state index contributed by atoms with van der Waals surface area (Å²) in [5, 5.41) is 17.3. The molecule has 8 heteroatoms. The van der Waals surface area contributed by atoms with Crippen molar-refractivity contribution in [2.45, 2.75) is 6.54 Å². The first-order valence-electron chi connectivity index (χ1n) is 7.99. The Kier molecular flexibility index (Phi) is 4.21. The molecule has 2 heterocycles. The molecule has 2 aromatic carbocycles. The largest absolute Gasteiger partial charge is 0.321 e. The number of nitrogens with one attached hydrogen (secondary N) is 2. The molecule has 0 radical (unpaired) electrons. The van der Waals surface area contributed by atoms with Crippen molar-refractivity contribution >= 4 is 11.6 Å². The van der Waals surface area contributed by atoms with Gasteiger partial charge in [-0.3, -0.25) is 9.89 Å². The van der Waals surface area contributed by atoms with E-state index in [2.05, 4.69) is 30.8 Å². The van der Waals surface area contributed by atoms with E-state index in [4.69, 9.17) is 0 Å². The van der Waals surface area contributed by atoms with E-state index in [0.29, 0.717) is 23.6 Å². The summed E-state index contributed by atoms with van der Waals surface area (Å²) < 4.78 is 1.72. The number of carbonyl (C=O) groups excluding carboxylic acids is 1. The number of amides is 1. The number of benzene rings is 2. The van der Waals surface area contributed by atoms with Gasteiger partial charge in [0.2, 0.25) is 0 Å². The van der Waals surface area contributed by atoms with E-state index < -0.39 is 0 Å². The SMILES string of the molecule is O=C(Nc1ccccc1-c1ncn[nH]1)c1ccc(Cn2ccnn2)cc1. The summed E-state index contributed by atoms with van der Waals surface area (Å²) in [5.41, 5.74) is 3.05. The number of para-hydroxylation sites is 1. The van der Waals surface area contributed by atoms with Crippen LogP contribution in [-0.2, 0) is 6.54 Å². The summed E-state index contributed by atoms with van der Waals surface area (Å²) in [6.45, 7) is 0.607. The van der Waals surface area contributed by atoms with Gasteiger partial charge in [-0.1, -0.05) is 29.5 Å². The molecule has 0 aliphatic rings. The Labute approximate surface area is 148 Å². The second kappa shape index (κ2) is 6.98. The van der Waals surface area contributed by atoms with E-state index in [-0.39, 0.29) is 5.91 Å². The second-order valence-corrected chi connectivity index (χ2v) is 5.63. The molecule has 2 N–H and O–H groups in total. The summed E-state index contributed by atoms with van der Waals surface area (Å²) in [5.74, 6) is 0.411. The highest BCUT2D eigenvalue weighted by molar-refractivity contribution is 6.06. The van der Waals surface area contributed by atoms with Crippen LogP contribution in [0.2, 0.25) is 0 Å². The second-order valence-electron chi connectivity index (χ2n) is 5.63. The highest BCUT2D eigenvalue weighted by Gasteiger charge is 2.11. The Hall–Kier alpha value is -3.81. The highest BCUT2D eigenvalue weighted by Crippen LogP contribution is 2.24. The smallest absolute Gasteiger partial charge is 0.255 e. The van der Waals surface area contributed by atoms with Gasteiger partial charge in [0.1, 0.15) is 6.33 Å². The van der Waals surface area contributed by atoms with Crippen molar-refractivity contribution < 1.29 is 4.79 Å². The lowest BCUT2D eigenvalue weighted by atomic mass is 10.1. The van der Waals surface area contributed by atoms with Crippen LogP contribution >= 0.6 is 0 Å². The highest BCUT2D eigenvalue weighted by atomic mass is 16.1. The normalized spacial score (nSPS) is 10.6. The van der Waals surface area contributed by atoms with Crippen LogP contribution in [0.4, 0.5) is 5.69 Å². The molecule has 8 nitrogen and oxygen atoms in total. The molecule has 0 unspecified atom stereocenters. The van der Waals surface area contributed by atoms with Crippen LogP contribution in [-0.4, -0.2) is 36.1 Å². The molecule has 4 aromatic rings. The molecule has 0 fully saturated rings. The number of aromatic nitrogens is 6. The maximum absolute atomic E-state index is 12.6. The summed E-state index contributed by atoms with van der Waals surface area (Å²) in [7, 11) is 0. The van der Waals surface area contributed by atoms with Crippen molar-refractivity contribution in [1.29, 1.82) is 0 Å². The van der Waals surface area contributed by atoms with Crippen LogP contribution in [0.3, 0.4) is 0 Å². The van der Waals surface area contributed by atoms with E-state index in [1.54, 1.807) is 29.2 Å². The van der Waals surface area contributed by atoms with Crippen molar-refractivity contribution in [2.24, 2.45) is 0 Å². The molecule has 0 saturated heterocycles. The minimum atomic E-state index is -0.190. The van der Waals surface area contributed by atoms with Gasteiger partial charge in [-0.05, 0) is 29.8 Å². The average molecular weight is 345 g/mol. The number of carbonyl (C=O) groups is 1. The molecule has 0 aliphatic carbocycles. The molecule has 0 spiro atoms. The van der Waals surface area contributed by atoms with Crippen LogP contribution in [0.15, 0.2) is 67.3 Å². The number of rotatable bonds is 5. The lowest BCUT2D eigenvalue weighted by Gasteiger charge is -2.10. The summed E-state index contributed by atoms with van der Waals surface area (Å²) in [6.07, 6.45) is 4.86. The third-order valence-corrected chi connectivity index (χ3v) is 3.88. The van der Waals surface area contributed by atoms with Crippen LogP contribution in [0.5, 0.6) is 0 Å². The molecule has 26 heavy (non-hydrogen) atoms. The van der Waals surface area contributed by atoms with Gasteiger partial charge in [0.15, 0.2) is 5.82 Å². The Morgan fingerprint density at radius 3 is 2.69 bits per heavy atom. The predicted molar refractivity (Wildman–Crippen MR) is 95.3 cm³/mol. The Balaban J connectivity index is 1.50. The molecule has 1 amide bonds. The number of hydrogen-bond donors (Lipinski definition) is 2. The maximum atomic E-state index is 12.6. The monoisotopic (exact) mass is 345 g/mol. The summed E-state index contributed by atoms with van der Waals surface area (Å²) in [4.78, 5) is 16.7. The lowest BCUT2D eigenvalue weighted by molar-refractivity contribution is 0.102. The molecule has 128 valence electrons. The Morgan fingerprint density at radius 2 is 1.96 bits per heavy atom. The van der Waals surface area contributed by atoms with Gasteiger partial charge in [0.05, 0.1) is 18.4 Å². The molecule has 4 rings (SSSR count). The quantitative estimate of drug-likeness (QED) is 0.578. The predicted octanol–water partition coefficient (Wildman–Crippen LogP) is 2.36. The van der Waals surface area contributed by atoms with Crippen LogP contribution in [0.1, 0.15) is 15.9 Å². The van der Waals surface area contributed by atoms with Crippen molar-refractivity contribution in [1.82, 2.24) is 30.2 Å². The van der Waals surface area contributed by atoms with Gasteiger partial charge in [0.25, 0.3) is 5.91 Å². The van der Waals surface area contributed by atoms with E-state index in [1.165, 1.54) is 6.33 Å². The van der Waals surface area contributed by atoms with E-state index in [0.717, 1.165) is 11.1 Å². The van der Waals surface area contributed by atoms with E-state index in [9.17, 15) is 4.79 Å². The number of aromatic amines is 1. The van der Waals surface area contributed by atoms with Crippen molar-refractivity contribution in [3.8, 4) is 11.4 Å². The summed E-state index contributed by atoms with van der Waals surface area (Å²) in [6, 6.07) is 14.8. The average Bonchev–Trinajstić information content (AvgIpc) is 3.37. The molecule has 2 aromatic heterocycles. The molecular formula is C18H15N7O. The lowest BCUT2D eigenvalue weighted by Crippen LogP contribution is -2.13. The van der Waals surface area contributed by atoms with Gasteiger partial charge in [0, 0.05) is 17.3 Å². The van der Waals surface area contributed by atoms with E-state index in [1.807, 2.05) is 36.4 Å². The summed E-state index contributed by atoms with van der Waals surface area (Å²) >= 11 is 0. The van der Waals surface area contributed by atoms with Crippen molar-refractivity contribution in [2.75, 3.05) is 5.32 Å². The first kappa shape index (κ1) is 15.7. The fourth-order valence-corrected chi connectivity index (χ4v) is 2.59. The number of hydrogen-bond acceptors (Lipinski definition) is 5. The first-order chi connectivity index (χ1) is 12.8. The Bertz CT molecular complexity index is 992. The van der Waals surface area contributed by atoms with Crippen molar-refractivity contribution in [3.63, 3.8) is 0 Å². The number of anilines is 1. The fraction of sp³-hybridized carbons (Fsp3) is 0.0556. The zero-order chi connectivity index (χ0) is 17.8. The fourth-order valence-electron chi connectivity index (χ4n) is 2.59. The van der Waals surface area contributed by atoms with Gasteiger partial charge in [-0.25, -0.2) is 9.67 Å². The standard InChI is InChI=1S/C18H15N7O/c26-18(14-7-5-13(6-8-14)11-25-10-9-20-24-25)22-16-4-2-1-3-15(16)17-19-12-21-23-17/h1-10,12H,11H2,(H,22,26)(H,19,21,23). The molecule has 0 atom stereocenters. The maximum Gasteiger partial charge on any atom is 0.255 e. The van der Waals surface area contributed by atoms with Crippen LogP contribution < -0.4 is 5.32 Å². The molecular weight excluding hydrogens is 330 g/mol. The van der Waals surface area contributed by atoms with Crippen LogP contribution in [0.25, 0.3) is 11.4 Å². The topological polar surface area (TPSA) is 101 Å². The van der Waals surface area contributed by atoms with Gasteiger partial charge in [-0.15, -0.1) is 5.10 Å². The minimum Gasteiger partial charge on any atom is -0.321 e. The molecule has 0 aliphatic heterocycles. The van der Waals surface area contributed by atoms with Crippen molar-refractivity contribution in [3.05, 3.63) is 78.4 Å². The third-order valence-electron chi connectivity index (χ3n) is 3.88. The number of nitrogens with zero attached hydrogens (tertiary/aromatic N) is 5. The zero-order valence-corrected chi connectivity index (χ0v) is 13.7. The zero-order valence-electron chi connectivity index (χ0n) is 13.7. The van der Waals surface area contributed by atoms with Gasteiger partial charge < -0.3 is 5.32 Å². The molecule has 0 saturated carbocycles. The number of H-pyrrole nitrogens is 1. The Morgan fingerprint density at radius 1 is 1.12 bits per heavy atom.